The van der Waals surface area contributed by atoms with Gasteiger partial charge >= 0.3 is 6.09 Å². The molecule has 1 fully saturated rings. The Kier molecular flexibility index (Phi) is 7.91. The second kappa shape index (κ2) is 11.1. The van der Waals surface area contributed by atoms with E-state index in [1.807, 2.05) is 59.9 Å². The highest BCUT2D eigenvalue weighted by Crippen LogP contribution is 2.21. The van der Waals surface area contributed by atoms with Crippen LogP contribution in [0.15, 0.2) is 54.7 Å². The van der Waals surface area contributed by atoms with E-state index in [-0.39, 0.29) is 31.3 Å². The minimum atomic E-state index is -1.07. The molecule has 1 aliphatic heterocycles. The second-order valence-electron chi connectivity index (χ2n) is 9.88. The number of imidazole rings is 1. The van der Waals surface area contributed by atoms with Crippen molar-refractivity contribution in [3.8, 4) is 0 Å². The monoisotopic (exact) mass is 493 g/mol. The zero-order valence-electron chi connectivity index (χ0n) is 21.1. The molecule has 1 saturated heterocycles. The number of nitrogens with zero attached hydrogens (tertiary/aromatic N) is 3. The summed E-state index contributed by atoms with van der Waals surface area (Å²) in [6.07, 6.45) is 3.38. The number of aromatic nitrogens is 2. The van der Waals surface area contributed by atoms with Crippen LogP contribution in [0.25, 0.3) is 5.52 Å². The van der Waals surface area contributed by atoms with Gasteiger partial charge in [0.15, 0.2) is 0 Å². The van der Waals surface area contributed by atoms with Crippen molar-refractivity contribution >= 4 is 17.5 Å². The molecule has 3 heterocycles. The second-order valence-corrected chi connectivity index (χ2v) is 9.88. The molecule has 2 atom stereocenters. The van der Waals surface area contributed by atoms with Gasteiger partial charge in [0.05, 0.1) is 36.2 Å². The zero-order valence-corrected chi connectivity index (χ0v) is 21.1. The Balaban J connectivity index is 1.56. The molecule has 2 amide bonds. The summed E-state index contributed by atoms with van der Waals surface area (Å²) in [6.45, 7) is 6.70. The number of carbonyl (C=O) groups is 2. The number of likely N-dealkylation sites (tertiary alicyclic amines) is 1. The van der Waals surface area contributed by atoms with Gasteiger partial charge in [0.2, 0.25) is 5.91 Å². The van der Waals surface area contributed by atoms with Crippen molar-refractivity contribution in [2.75, 3.05) is 13.2 Å². The molecule has 1 aromatic carbocycles. The van der Waals surface area contributed by atoms with Crippen molar-refractivity contribution < 1.29 is 19.1 Å². The fourth-order valence-electron chi connectivity index (χ4n) is 4.32. The largest absolute Gasteiger partial charge is 0.443 e. The van der Waals surface area contributed by atoms with Crippen LogP contribution in [0, 0.1) is 0 Å². The first-order chi connectivity index (χ1) is 17.2. The van der Waals surface area contributed by atoms with E-state index in [2.05, 4.69) is 10.3 Å². The number of hydrogen-bond donors (Lipinski definition) is 2. The first-order valence-electron chi connectivity index (χ1n) is 12.3. The third-order valence-electron chi connectivity index (χ3n) is 6.39. The number of carbonyl (C=O) groups excluding carboxylic acids is 2. The van der Waals surface area contributed by atoms with Crippen molar-refractivity contribution in [1.82, 2.24) is 19.6 Å². The summed E-state index contributed by atoms with van der Waals surface area (Å²) in [7, 11) is 0. The van der Waals surface area contributed by atoms with Crippen LogP contribution in [0.1, 0.15) is 56.7 Å². The average Bonchev–Trinajstić information content (AvgIpc) is 3.48. The Bertz CT molecular complexity index is 1190. The highest BCUT2D eigenvalue weighted by atomic mass is 16.6. The number of ether oxygens (including phenoxy) is 2. The standard InChI is InChI=1S/C27H35N5O4/c1-19-9-8-14-31(19)26(34)36-17-22-13-7-12-21-15-29-24(32(21)22)23(30-25(33)27(2,3)28)18-35-16-20-10-5-4-6-11-20/h4-7,10-13,15,19,23H,8-9,14,16-18,28H2,1-3H3,(H,30,33)/t19?,23-/m1/s1. The van der Waals surface area contributed by atoms with E-state index in [1.54, 1.807) is 24.9 Å². The van der Waals surface area contributed by atoms with Crippen molar-refractivity contribution in [1.29, 1.82) is 0 Å². The van der Waals surface area contributed by atoms with Gasteiger partial charge in [0.25, 0.3) is 0 Å². The molecule has 192 valence electrons. The van der Waals surface area contributed by atoms with Gasteiger partial charge in [-0.3, -0.25) is 9.20 Å². The minimum Gasteiger partial charge on any atom is -0.443 e. The highest BCUT2D eigenvalue weighted by Gasteiger charge is 2.29. The zero-order chi connectivity index (χ0) is 25.7. The Morgan fingerprint density at radius 2 is 1.94 bits per heavy atom. The van der Waals surface area contributed by atoms with E-state index in [1.165, 1.54) is 0 Å². The van der Waals surface area contributed by atoms with E-state index in [0.29, 0.717) is 19.0 Å². The summed E-state index contributed by atoms with van der Waals surface area (Å²) in [5.74, 6) is 0.261. The normalized spacial score (nSPS) is 16.8. The van der Waals surface area contributed by atoms with Gasteiger partial charge in [0, 0.05) is 12.6 Å². The number of fused-ring (bicyclic) bond motifs is 1. The third kappa shape index (κ3) is 6.03. The molecule has 9 heteroatoms. The molecule has 4 rings (SSSR count). The van der Waals surface area contributed by atoms with Gasteiger partial charge in [0.1, 0.15) is 18.5 Å². The van der Waals surface area contributed by atoms with Crippen LogP contribution in [0.4, 0.5) is 4.79 Å². The molecule has 3 N–H and O–H groups in total. The Hall–Kier alpha value is -3.43. The van der Waals surface area contributed by atoms with Crippen LogP contribution in [0.2, 0.25) is 0 Å². The lowest BCUT2D eigenvalue weighted by Crippen LogP contribution is -2.51. The lowest BCUT2D eigenvalue weighted by Gasteiger charge is -2.24. The Morgan fingerprint density at radius 3 is 2.64 bits per heavy atom. The molecule has 0 saturated carbocycles. The summed E-state index contributed by atoms with van der Waals surface area (Å²) >= 11 is 0. The minimum absolute atomic E-state index is 0.0800. The third-order valence-corrected chi connectivity index (χ3v) is 6.39. The maximum atomic E-state index is 12.8. The molecular formula is C27H35N5O4. The van der Waals surface area contributed by atoms with Gasteiger partial charge in [-0.15, -0.1) is 0 Å². The number of hydrogen-bond acceptors (Lipinski definition) is 6. The lowest BCUT2D eigenvalue weighted by atomic mass is 10.1. The Labute approximate surface area is 211 Å². The first-order valence-corrected chi connectivity index (χ1v) is 12.3. The van der Waals surface area contributed by atoms with Gasteiger partial charge in [-0.25, -0.2) is 9.78 Å². The fraction of sp³-hybridized carbons (Fsp3) is 0.444. The number of nitrogens with two attached hydrogens (primary N) is 1. The summed E-state index contributed by atoms with van der Waals surface area (Å²) in [5, 5.41) is 2.99. The molecule has 1 aliphatic rings. The van der Waals surface area contributed by atoms with E-state index >= 15 is 0 Å². The average molecular weight is 494 g/mol. The SMILES string of the molecule is CC1CCCN1C(=O)OCc1cccc2cnc([C@@H](COCc3ccccc3)NC(=O)C(C)(C)N)n12. The van der Waals surface area contributed by atoms with Crippen LogP contribution in [0.3, 0.4) is 0 Å². The van der Waals surface area contributed by atoms with E-state index in [0.717, 1.165) is 29.6 Å². The molecule has 2 aromatic heterocycles. The van der Waals surface area contributed by atoms with Crippen molar-refractivity contribution in [2.45, 2.75) is 64.4 Å². The summed E-state index contributed by atoms with van der Waals surface area (Å²) in [5.41, 5.74) is 7.57. The molecule has 3 aromatic rings. The number of nitrogens with one attached hydrogen (secondary N) is 1. The van der Waals surface area contributed by atoms with Crippen LogP contribution in [0.5, 0.6) is 0 Å². The molecule has 9 nitrogen and oxygen atoms in total. The van der Waals surface area contributed by atoms with Crippen molar-refractivity contribution in [2.24, 2.45) is 5.73 Å². The van der Waals surface area contributed by atoms with E-state index in [4.69, 9.17) is 15.2 Å². The molecule has 36 heavy (non-hydrogen) atoms. The number of amides is 2. The number of rotatable bonds is 9. The molecule has 1 unspecified atom stereocenters. The van der Waals surface area contributed by atoms with Crippen molar-refractivity contribution in [3.05, 3.63) is 71.8 Å². The van der Waals surface area contributed by atoms with Crippen LogP contribution < -0.4 is 11.1 Å². The maximum Gasteiger partial charge on any atom is 0.410 e. The van der Waals surface area contributed by atoms with Gasteiger partial charge in [-0.1, -0.05) is 36.4 Å². The summed E-state index contributed by atoms with van der Waals surface area (Å²) in [4.78, 5) is 31.8. The predicted molar refractivity (Wildman–Crippen MR) is 136 cm³/mol. The molecule has 0 spiro atoms. The molecular weight excluding hydrogens is 458 g/mol. The topological polar surface area (TPSA) is 111 Å². The first kappa shape index (κ1) is 25.7. The van der Waals surface area contributed by atoms with Crippen LogP contribution >= 0.6 is 0 Å². The van der Waals surface area contributed by atoms with Crippen molar-refractivity contribution in [3.63, 3.8) is 0 Å². The van der Waals surface area contributed by atoms with E-state index in [9.17, 15) is 9.59 Å². The number of benzene rings is 1. The quantitative estimate of drug-likeness (QED) is 0.471. The van der Waals surface area contributed by atoms with Gasteiger partial charge in [-0.05, 0) is 51.3 Å². The number of pyridine rings is 1. The summed E-state index contributed by atoms with van der Waals surface area (Å²) < 4.78 is 13.6. The molecule has 0 bridgehead atoms. The Morgan fingerprint density at radius 1 is 1.17 bits per heavy atom. The summed E-state index contributed by atoms with van der Waals surface area (Å²) in [6, 6.07) is 15.1. The molecule has 0 radical (unpaired) electrons. The van der Waals surface area contributed by atoms with Crippen LogP contribution in [-0.2, 0) is 27.5 Å². The fourth-order valence-corrected chi connectivity index (χ4v) is 4.32. The maximum absolute atomic E-state index is 12.8. The lowest BCUT2D eigenvalue weighted by molar-refractivity contribution is -0.126. The van der Waals surface area contributed by atoms with E-state index < -0.39 is 11.6 Å². The smallest absolute Gasteiger partial charge is 0.410 e. The predicted octanol–water partition coefficient (Wildman–Crippen LogP) is 3.57. The highest BCUT2D eigenvalue weighted by molar-refractivity contribution is 5.85. The van der Waals surface area contributed by atoms with Gasteiger partial charge in [-0.2, -0.15) is 0 Å². The van der Waals surface area contributed by atoms with Crippen LogP contribution in [-0.4, -0.2) is 51.0 Å². The van der Waals surface area contributed by atoms with Gasteiger partial charge < -0.3 is 25.4 Å². The molecule has 0 aliphatic carbocycles.